The van der Waals surface area contributed by atoms with Crippen molar-refractivity contribution in [1.82, 2.24) is 0 Å². The minimum absolute atomic E-state index is 0.439. The topological polar surface area (TPSA) is 23.8 Å². The molecule has 0 spiro atoms. The first kappa shape index (κ1) is 13.6. The summed E-state index contributed by atoms with van der Waals surface area (Å²) in [6.07, 6.45) is 2.03. The maximum absolute atomic E-state index is 8.97. The van der Waals surface area contributed by atoms with Gasteiger partial charge in [-0.15, -0.1) is 0 Å². The van der Waals surface area contributed by atoms with Crippen molar-refractivity contribution in [2.45, 2.75) is 25.7 Å². The largest absolute Gasteiger partial charge is 0.192 e. The zero-order valence-corrected chi connectivity index (χ0v) is 11.7. The fraction of sp³-hybridized carbons (Fsp3) is 0.235. The highest BCUT2D eigenvalue weighted by atomic mass is 35.5. The summed E-state index contributed by atoms with van der Waals surface area (Å²) in [5, 5.41) is 9.74. The molecule has 19 heavy (non-hydrogen) atoms. The Morgan fingerprint density at radius 2 is 1.89 bits per heavy atom. The van der Waals surface area contributed by atoms with E-state index < -0.39 is 0 Å². The Kier molecular flexibility index (Phi) is 4.60. The van der Waals surface area contributed by atoms with Gasteiger partial charge in [0.25, 0.3) is 0 Å². The fourth-order valence-electron chi connectivity index (χ4n) is 2.27. The highest BCUT2D eigenvalue weighted by molar-refractivity contribution is 6.30. The molecule has 2 aromatic carbocycles. The number of nitrogens with zero attached hydrogens (tertiary/aromatic N) is 1. The average molecular weight is 270 g/mol. The molecule has 0 amide bonds. The zero-order valence-electron chi connectivity index (χ0n) is 10.9. The van der Waals surface area contributed by atoms with Crippen LogP contribution in [0.5, 0.6) is 0 Å². The lowest BCUT2D eigenvalue weighted by molar-refractivity contribution is 0.660. The van der Waals surface area contributed by atoms with Gasteiger partial charge in [0.2, 0.25) is 0 Å². The molecule has 0 aliphatic rings. The zero-order chi connectivity index (χ0) is 13.7. The number of hydrogen-bond acceptors (Lipinski definition) is 1. The van der Waals surface area contributed by atoms with Gasteiger partial charge in [-0.3, -0.25) is 0 Å². The van der Waals surface area contributed by atoms with Crippen molar-refractivity contribution in [3.8, 4) is 6.07 Å². The summed E-state index contributed by atoms with van der Waals surface area (Å²) >= 11 is 5.90. The third-order valence-electron chi connectivity index (χ3n) is 3.38. The molecule has 0 heterocycles. The number of halogens is 1. The van der Waals surface area contributed by atoms with Crippen molar-refractivity contribution in [2.75, 3.05) is 0 Å². The summed E-state index contributed by atoms with van der Waals surface area (Å²) < 4.78 is 0. The highest BCUT2D eigenvalue weighted by Gasteiger charge is 2.11. The maximum Gasteiger partial charge on any atom is 0.0991 e. The van der Waals surface area contributed by atoms with Crippen LogP contribution in [0.3, 0.4) is 0 Å². The van der Waals surface area contributed by atoms with Gasteiger partial charge in [-0.05, 0) is 54.2 Å². The van der Waals surface area contributed by atoms with Crippen molar-refractivity contribution in [3.05, 3.63) is 70.2 Å². The molecular weight excluding hydrogens is 254 g/mol. The Morgan fingerprint density at radius 3 is 2.53 bits per heavy atom. The molecule has 2 heteroatoms. The molecule has 0 aliphatic heterocycles. The quantitative estimate of drug-likeness (QED) is 0.770. The third-order valence-corrected chi connectivity index (χ3v) is 3.63. The lowest BCUT2D eigenvalue weighted by Gasteiger charge is -2.15. The molecule has 0 saturated heterocycles. The Hall–Kier alpha value is -1.78. The summed E-state index contributed by atoms with van der Waals surface area (Å²) in [6.45, 7) is 2.18. The molecule has 0 radical (unpaired) electrons. The van der Waals surface area contributed by atoms with Crippen molar-refractivity contribution in [3.63, 3.8) is 0 Å². The molecule has 2 aromatic rings. The van der Waals surface area contributed by atoms with E-state index in [4.69, 9.17) is 16.9 Å². The molecule has 0 aliphatic carbocycles. The van der Waals surface area contributed by atoms with E-state index in [0.717, 1.165) is 23.4 Å². The molecule has 0 fully saturated rings. The van der Waals surface area contributed by atoms with Gasteiger partial charge >= 0.3 is 0 Å². The summed E-state index contributed by atoms with van der Waals surface area (Å²) in [4.78, 5) is 0. The minimum atomic E-state index is 0.439. The first-order chi connectivity index (χ1) is 9.22. The van der Waals surface area contributed by atoms with Gasteiger partial charge < -0.3 is 0 Å². The molecule has 1 nitrogen and oxygen atoms in total. The van der Waals surface area contributed by atoms with Crippen LogP contribution in [0.15, 0.2) is 48.5 Å². The van der Waals surface area contributed by atoms with Crippen LogP contribution < -0.4 is 0 Å². The van der Waals surface area contributed by atoms with Gasteiger partial charge in [0.05, 0.1) is 11.6 Å². The lowest BCUT2D eigenvalue weighted by atomic mass is 9.89. The van der Waals surface area contributed by atoms with Crippen LogP contribution in [0.2, 0.25) is 5.02 Å². The molecule has 0 bridgehead atoms. The summed E-state index contributed by atoms with van der Waals surface area (Å²) in [6, 6.07) is 18.1. The van der Waals surface area contributed by atoms with E-state index in [1.165, 1.54) is 11.1 Å². The minimum Gasteiger partial charge on any atom is -0.192 e. The monoisotopic (exact) mass is 269 g/mol. The van der Waals surface area contributed by atoms with Gasteiger partial charge in [0.1, 0.15) is 0 Å². The van der Waals surface area contributed by atoms with Crippen LogP contribution in [-0.4, -0.2) is 0 Å². The lowest BCUT2D eigenvalue weighted by Crippen LogP contribution is -2.02. The molecule has 96 valence electrons. The van der Waals surface area contributed by atoms with Crippen molar-refractivity contribution < 1.29 is 0 Å². The van der Waals surface area contributed by atoms with Gasteiger partial charge in [-0.2, -0.15) is 5.26 Å². The van der Waals surface area contributed by atoms with Crippen molar-refractivity contribution >= 4 is 11.6 Å². The number of benzene rings is 2. The molecule has 0 N–H and O–H groups in total. The van der Waals surface area contributed by atoms with Crippen LogP contribution >= 0.6 is 11.6 Å². The summed E-state index contributed by atoms with van der Waals surface area (Å²) in [5.41, 5.74) is 3.24. The summed E-state index contributed by atoms with van der Waals surface area (Å²) in [7, 11) is 0. The highest BCUT2D eigenvalue weighted by Crippen LogP contribution is 2.25. The first-order valence-electron chi connectivity index (χ1n) is 6.47. The molecule has 1 unspecified atom stereocenters. The predicted molar refractivity (Wildman–Crippen MR) is 79.3 cm³/mol. The van der Waals surface area contributed by atoms with Crippen LogP contribution in [0, 0.1) is 11.3 Å². The Morgan fingerprint density at radius 1 is 1.16 bits per heavy atom. The molecule has 1 atom stereocenters. The first-order valence-corrected chi connectivity index (χ1v) is 6.85. The average Bonchev–Trinajstić information content (AvgIpc) is 2.46. The summed E-state index contributed by atoms with van der Waals surface area (Å²) in [5.74, 6) is 0.439. The number of hydrogen-bond donors (Lipinski definition) is 0. The Bertz CT molecular complexity index is 581. The van der Waals surface area contributed by atoms with E-state index in [9.17, 15) is 0 Å². The Labute approximate surface area is 119 Å². The van der Waals surface area contributed by atoms with Crippen LogP contribution in [-0.2, 0) is 6.42 Å². The van der Waals surface area contributed by atoms with Crippen molar-refractivity contribution in [2.24, 2.45) is 0 Å². The van der Waals surface area contributed by atoms with Crippen LogP contribution in [0.1, 0.15) is 36.0 Å². The van der Waals surface area contributed by atoms with E-state index in [1.54, 1.807) is 0 Å². The van der Waals surface area contributed by atoms with Gasteiger partial charge in [0, 0.05) is 5.02 Å². The van der Waals surface area contributed by atoms with E-state index in [0.29, 0.717) is 5.92 Å². The van der Waals surface area contributed by atoms with Crippen LogP contribution in [0.4, 0.5) is 0 Å². The number of nitriles is 1. The van der Waals surface area contributed by atoms with Crippen molar-refractivity contribution in [1.29, 1.82) is 5.26 Å². The standard InChI is InChI=1S/C17H16ClN/c1-2-15(10-13-6-8-17(18)9-7-13)16-5-3-4-14(11-16)12-19/h3-9,11,15H,2,10H2,1H3. The maximum atomic E-state index is 8.97. The Balaban J connectivity index is 2.20. The smallest absolute Gasteiger partial charge is 0.0991 e. The SMILES string of the molecule is CCC(Cc1ccc(Cl)cc1)c1cccc(C#N)c1. The van der Waals surface area contributed by atoms with Gasteiger partial charge in [0.15, 0.2) is 0 Å². The van der Waals surface area contributed by atoms with E-state index >= 15 is 0 Å². The van der Waals surface area contributed by atoms with E-state index in [1.807, 2.05) is 30.3 Å². The molecular formula is C17H16ClN. The normalized spacial score (nSPS) is 11.8. The molecule has 2 rings (SSSR count). The molecule has 0 saturated carbocycles. The second kappa shape index (κ2) is 6.41. The predicted octanol–water partition coefficient (Wildman–Crippen LogP) is 4.95. The second-order valence-electron chi connectivity index (χ2n) is 4.67. The fourth-order valence-corrected chi connectivity index (χ4v) is 2.39. The van der Waals surface area contributed by atoms with Gasteiger partial charge in [-0.1, -0.05) is 42.8 Å². The number of rotatable bonds is 4. The third kappa shape index (κ3) is 3.59. The second-order valence-corrected chi connectivity index (χ2v) is 5.11. The van der Waals surface area contributed by atoms with E-state index in [2.05, 4.69) is 31.2 Å². The van der Waals surface area contributed by atoms with E-state index in [-0.39, 0.29) is 0 Å². The van der Waals surface area contributed by atoms with Gasteiger partial charge in [-0.25, -0.2) is 0 Å². The van der Waals surface area contributed by atoms with Crippen LogP contribution in [0.25, 0.3) is 0 Å². The molecule has 0 aromatic heterocycles.